The van der Waals surface area contributed by atoms with Crippen molar-refractivity contribution in [1.29, 1.82) is 0 Å². The Labute approximate surface area is 191 Å². The summed E-state index contributed by atoms with van der Waals surface area (Å²) in [5.74, 6) is 0.866. The van der Waals surface area contributed by atoms with Crippen molar-refractivity contribution in [1.82, 2.24) is 0 Å². The predicted molar refractivity (Wildman–Crippen MR) is 136 cm³/mol. The highest BCUT2D eigenvalue weighted by Crippen LogP contribution is 2.37. The first-order valence-electron chi connectivity index (χ1n) is 11.1. The van der Waals surface area contributed by atoms with Crippen LogP contribution >= 0.6 is 7.92 Å². The van der Waals surface area contributed by atoms with Crippen molar-refractivity contribution in [3.05, 3.63) is 132 Å². The van der Waals surface area contributed by atoms with Gasteiger partial charge in [-0.25, -0.2) is 4.99 Å². The number of ether oxygens (including phenoxy) is 1. The van der Waals surface area contributed by atoms with Gasteiger partial charge in [-0.15, -0.1) is 0 Å². The first-order chi connectivity index (χ1) is 15.9. The summed E-state index contributed by atoms with van der Waals surface area (Å²) in [4.78, 5) is 5.14. The maximum Gasteiger partial charge on any atom is 0.196 e. The van der Waals surface area contributed by atoms with E-state index in [-0.39, 0.29) is 12.0 Å². The highest BCUT2D eigenvalue weighted by Gasteiger charge is 2.30. The second-order valence-corrected chi connectivity index (χ2v) is 10.2. The lowest BCUT2D eigenvalue weighted by Gasteiger charge is -2.20. The standard InChI is InChI=1S/C29H26NOP/c1-5-13-23(14-6-1)28(24-15-7-2-8-16-24)29-30-25(21-31-29)22-32(26-17-9-3-10-18-26)27-19-11-4-12-20-27/h1-20,25,28H,21-22H2/t25-/m0/s1. The van der Waals surface area contributed by atoms with Gasteiger partial charge in [-0.3, -0.25) is 0 Å². The largest absolute Gasteiger partial charge is 0.478 e. The molecule has 0 amide bonds. The zero-order valence-corrected chi connectivity index (χ0v) is 18.8. The number of benzene rings is 4. The zero-order chi connectivity index (χ0) is 21.6. The quantitative estimate of drug-likeness (QED) is 0.339. The predicted octanol–water partition coefficient (Wildman–Crippen LogP) is 5.75. The normalized spacial score (nSPS) is 15.6. The van der Waals surface area contributed by atoms with Crippen molar-refractivity contribution in [2.24, 2.45) is 4.99 Å². The fourth-order valence-corrected chi connectivity index (χ4v) is 6.63. The van der Waals surface area contributed by atoms with Gasteiger partial charge in [-0.05, 0) is 29.7 Å². The summed E-state index contributed by atoms with van der Waals surface area (Å²) in [7, 11) is -0.496. The van der Waals surface area contributed by atoms with Gasteiger partial charge in [0.25, 0.3) is 0 Å². The Morgan fingerprint density at radius 2 is 1.09 bits per heavy atom. The highest BCUT2D eigenvalue weighted by atomic mass is 31.1. The van der Waals surface area contributed by atoms with Crippen molar-refractivity contribution in [3.63, 3.8) is 0 Å². The molecule has 3 heteroatoms. The Bertz CT molecular complexity index is 1070. The lowest BCUT2D eigenvalue weighted by molar-refractivity contribution is 0.315. The van der Waals surface area contributed by atoms with E-state index >= 15 is 0 Å². The van der Waals surface area contributed by atoms with Crippen molar-refractivity contribution < 1.29 is 4.74 Å². The van der Waals surface area contributed by atoms with Crippen LogP contribution in [0.25, 0.3) is 0 Å². The molecule has 0 fully saturated rings. The molecule has 0 aliphatic carbocycles. The molecule has 2 nitrogen and oxygen atoms in total. The van der Waals surface area contributed by atoms with Gasteiger partial charge in [0.05, 0.1) is 12.0 Å². The molecule has 1 aliphatic heterocycles. The van der Waals surface area contributed by atoms with Gasteiger partial charge in [0.1, 0.15) is 6.61 Å². The Hall–Kier alpha value is -3.22. The number of rotatable bonds is 7. The summed E-state index contributed by atoms with van der Waals surface area (Å²) < 4.78 is 6.27. The third-order valence-corrected chi connectivity index (χ3v) is 8.40. The molecule has 0 radical (unpaired) electrons. The van der Waals surface area contributed by atoms with Gasteiger partial charge in [0.2, 0.25) is 0 Å². The summed E-state index contributed by atoms with van der Waals surface area (Å²) in [6.07, 6.45) is 0.989. The first-order valence-corrected chi connectivity index (χ1v) is 12.6. The minimum absolute atomic E-state index is 0.0297. The average molecular weight is 436 g/mol. The molecular formula is C29H26NOP. The molecule has 5 rings (SSSR count). The first kappa shape index (κ1) is 20.7. The topological polar surface area (TPSA) is 21.6 Å². The van der Waals surface area contributed by atoms with Crippen LogP contribution in [0.4, 0.5) is 0 Å². The third-order valence-electron chi connectivity index (χ3n) is 5.78. The number of aliphatic imine (C=N–C) groups is 1. The molecule has 4 aromatic rings. The molecule has 0 saturated carbocycles. The summed E-state index contributed by atoms with van der Waals surface area (Å²) in [6.45, 7) is 0.643. The molecule has 0 spiro atoms. The molecule has 158 valence electrons. The molecule has 0 aromatic heterocycles. The Morgan fingerprint density at radius 1 is 0.656 bits per heavy atom. The van der Waals surface area contributed by atoms with Gasteiger partial charge in [0.15, 0.2) is 5.90 Å². The van der Waals surface area contributed by atoms with E-state index in [0.717, 1.165) is 12.1 Å². The van der Waals surface area contributed by atoms with E-state index in [4.69, 9.17) is 9.73 Å². The zero-order valence-electron chi connectivity index (χ0n) is 17.9. The van der Waals surface area contributed by atoms with Gasteiger partial charge in [0, 0.05) is 6.16 Å². The fraction of sp³-hybridized carbons (Fsp3) is 0.138. The number of hydrogen-bond acceptors (Lipinski definition) is 2. The molecule has 32 heavy (non-hydrogen) atoms. The van der Waals surface area contributed by atoms with E-state index in [0.29, 0.717) is 6.61 Å². The minimum atomic E-state index is -0.496. The monoisotopic (exact) mass is 435 g/mol. The highest BCUT2D eigenvalue weighted by molar-refractivity contribution is 7.73. The molecule has 1 heterocycles. The van der Waals surface area contributed by atoms with Crippen LogP contribution in [0.3, 0.4) is 0 Å². The lowest BCUT2D eigenvalue weighted by atomic mass is 9.91. The van der Waals surface area contributed by atoms with Crippen LogP contribution in [0.5, 0.6) is 0 Å². The maximum absolute atomic E-state index is 6.27. The van der Waals surface area contributed by atoms with Crippen molar-refractivity contribution >= 4 is 24.4 Å². The van der Waals surface area contributed by atoms with Crippen molar-refractivity contribution in [2.45, 2.75) is 12.0 Å². The lowest BCUT2D eigenvalue weighted by Crippen LogP contribution is -2.21. The van der Waals surface area contributed by atoms with Crippen molar-refractivity contribution in [3.8, 4) is 0 Å². The summed E-state index contributed by atoms with van der Waals surface area (Å²) in [5.41, 5.74) is 2.43. The average Bonchev–Trinajstić information content (AvgIpc) is 3.33. The number of hydrogen-bond donors (Lipinski definition) is 0. The molecule has 0 saturated heterocycles. The maximum atomic E-state index is 6.27. The van der Waals surface area contributed by atoms with E-state index < -0.39 is 7.92 Å². The van der Waals surface area contributed by atoms with Crippen LogP contribution in [0.15, 0.2) is 126 Å². The van der Waals surface area contributed by atoms with Gasteiger partial charge >= 0.3 is 0 Å². The van der Waals surface area contributed by atoms with Crippen LogP contribution in [-0.4, -0.2) is 24.7 Å². The molecule has 0 unspecified atom stereocenters. The fourth-order valence-electron chi connectivity index (χ4n) is 4.24. The van der Waals surface area contributed by atoms with Gasteiger partial charge in [-0.2, -0.15) is 0 Å². The van der Waals surface area contributed by atoms with Crippen LogP contribution < -0.4 is 10.6 Å². The van der Waals surface area contributed by atoms with Crippen LogP contribution in [0.1, 0.15) is 17.0 Å². The summed E-state index contributed by atoms with van der Waals surface area (Å²) in [5, 5.41) is 2.78. The van der Waals surface area contributed by atoms with Gasteiger partial charge in [-0.1, -0.05) is 121 Å². The van der Waals surface area contributed by atoms with E-state index in [2.05, 4.69) is 121 Å². The summed E-state index contributed by atoms with van der Waals surface area (Å²) >= 11 is 0. The van der Waals surface area contributed by atoms with Crippen LogP contribution in [-0.2, 0) is 4.74 Å². The second kappa shape index (κ2) is 9.94. The molecule has 0 bridgehead atoms. The Balaban J connectivity index is 1.45. The van der Waals surface area contributed by atoms with E-state index in [1.165, 1.54) is 21.7 Å². The Kier molecular flexibility index (Phi) is 6.42. The van der Waals surface area contributed by atoms with E-state index in [1.807, 2.05) is 0 Å². The molecule has 1 aliphatic rings. The van der Waals surface area contributed by atoms with E-state index in [1.54, 1.807) is 0 Å². The molecule has 0 N–H and O–H groups in total. The molecule has 4 aromatic carbocycles. The Morgan fingerprint density at radius 3 is 1.56 bits per heavy atom. The SMILES string of the molecule is c1ccc(C(C2=N[C@H](CP(c3ccccc3)c3ccccc3)CO2)c2ccccc2)cc1. The van der Waals surface area contributed by atoms with Crippen molar-refractivity contribution in [2.75, 3.05) is 12.8 Å². The van der Waals surface area contributed by atoms with Crippen LogP contribution in [0, 0.1) is 0 Å². The number of nitrogens with zero attached hydrogens (tertiary/aromatic N) is 1. The van der Waals surface area contributed by atoms with Crippen LogP contribution in [0.2, 0.25) is 0 Å². The molecular weight excluding hydrogens is 409 g/mol. The van der Waals surface area contributed by atoms with E-state index in [9.17, 15) is 0 Å². The molecule has 1 atom stereocenters. The minimum Gasteiger partial charge on any atom is -0.478 e. The smallest absolute Gasteiger partial charge is 0.196 e. The van der Waals surface area contributed by atoms with Gasteiger partial charge < -0.3 is 4.74 Å². The second-order valence-electron chi connectivity index (χ2n) is 7.97. The third kappa shape index (κ3) is 4.66. The summed E-state index contributed by atoms with van der Waals surface area (Å²) in [6, 6.07) is 43.0.